The largest absolute Gasteiger partial charge is 0.480 e. The number of carboxylic acid groups (broad SMARTS) is 1. The first kappa shape index (κ1) is 13.8. The molecule has 0 unspecified atom stereocenters. The van der Waals surface area contributed by atoms with Crippen molar-refractivity contribution in [2.75, 3.05) is 13.7 Å². The van der Waals surface area contributed by atoms with Gasteiger partial charge in [-0.25, -0.2) is 4.79 Å². The molecule has 98 valence electrons. The van der Waals surface area contributed by atoms with E-state index in [1.54, 1.807) is 21.0 Å². The smallest absolute Gasteiger partial charge is 0.323 e. The van der Waals surface area contributed by atoms with Crippen molar-refractivity contribution in [1.29, 1.82) is 0 Å². The Bertz CT molecular complexity index is 287. The van der Waals surface area contributed by atoms with Crippen LogP contribution >= 0.6 is 0 Å². The molecule has 0 saturated heterocycles. The minimum atomic E-state index is -1.00. The van der Waals surface area contributed by atoms with Gasteiger partial charge in [-0.1, -0.05) is 0 Å². The summed E-state index contributed by atoms with van der Waals surface area (Å²) in [5.74, 6) is -1.00. The molecule has 0 radical (unpaired) electrons. The summed E-state index contributed by atoms with van der Waals surface area (Å²) in [5.41, 5.74) is 0. The molecule has 0 aromatic carbocycles. The summed E-state index contributed by atoms with van der Waals surface area (Å²) in [5, 5.41) is 11.5. The van der Waals surface area contributed by atoms with Gasteiger partial charge in [-0.15, -0.1) is 0 Å². The lowest BCUT2D eigenvalue weighted by molar-refractivity contribution is -0.138. The monoisotopic (exact) mass is 244 g/mol. The van der Waals surface area contributed by atoms with Gasteiger partial charge in [-0.2, -0.15) is 0 Å². The molecule has 2 N–H and O–H groups in total. The number of amides is 2. The van der Waals surface area contributed by atoms with E-state index in [9.17, 15) is 9.59 Å². The molecule has 1 aliphatic rings. The number of rotatable bonds is 5. The predicted octanol–water partition coefficient (Wildman–Crippen LogP) is 0.668. The maximum Gasteiger partial charge on any atom is 0.323 e. The van der Waals surface area contributed by atoms with E-state index < -0.39 is 5.97 Å². The van der Waals surface area contributed by atoms with Gasteiger partial charge in [0.15, 0.2) is 0 Å². The fraction of sp³-hybridized carbons (Fsp3) is 0.818. The minimum absolute atomic E-state index is 0.0995. The van der Waals surface area contributed by atoms with Gasteiger partial charge < -0.3 is 20.1 Å². The fourth-order valence-electron chi connectivity index (χ4n) is 1.77. The molecule has 0 heterocycles. The maximum absolute atomic E-state index is 11.8. The Labute approximate surface area is 101 Å². The van der Waals surface area contributed by atoms with Crippen molar-refractivity contribution in [2.24, 2.45) is 0 Å². The summed E-state index contributed by atoms with van der Waals surface area (Å²) in [7, 11) is 1.65. The van der Waals surface area contributed by atoms with Crippen LogP contribution in [-0.2, 0) is 9.53 Å². The molecule has 1 aliphatic carbocycles. The Morgan fingerprint density at radius 1 is 1.47 bits per heavy atom. The minimum Gasteiger partial charge on any atom is -0.480 e. The van der Waals surface area contributed by atoms with Crippen LogP contribution in [0.2, 0.25) is 0 Å². The molecule has 0 aromatic rings. The zero-order valence-electron chi connectivity index (χ0n) is 10.5. The topological polar surface area (TPSA) is 78.9 Å². The number of ether oxygens (including phenoxy) is 1. The number of methoxy groups -OCH3 is 1. The zero-order chi connectivity index (χ0) is 13.0. The number of hydrogen-bond acceptors (Lipinski definition) is 3. The lowest BCUT2D eigenvalue weighted by atomic mass is 9.89. The van der Waals surface area contributed by atoms with E-state index in [1.807, 2.05) is 0 Å². The summed E-state index contributed by atoms with van der Waals surface area (Å²) in [6.45, 7) is 3.31. The normalized spacial score (nSPS) is 23.1. The van der Waals surface area contributed by atoms with Gasteiger partial charge in [-0.3, -0.25) is 4.79 Å². The van der Waals surface area contributed by atoms with E-state index >= 15 is 0 Å². The van der Waals surface area contributed by atoms with Gasteiger partial charge in [-0.05, 0) is 26.7 Å². The van der Waals surface area contributed by atoms with Crippen molar-refractivity contribution in [1.82, 2.24) is 10.2 Å². The first-order chi connectivity index (χ1) is 7.93. The quantitative estimate of drug-likeness (QED) is 0.745. The van der Waals surface area contributed by atoms with Gasteiger partial charge in [0.25, 0.3) is 0 Å². The highest BCUT2D eigenvalue weighted by atomic mass is 16.5. The number of nitrogens with one attached hydrogen (secondary N) is 1. The number of aliphatic carboxylic acids is 1. The van der Waals surface area contributed by atoms with Gasteiger partial charge in [0.2, 0.25) is 0 Å². The van der Waals surface area contributed by atoms with Crippen molar-refractivity contribution >= 4 is 12.0 Å². The first-order valence-corrected chi connectivity index (χ1v) is 5.75. The maximum atomic E-state index is 11.8. The molecule has 1 fully saturated rings. The third kappa shape index (κ3) is 3.89. The second kappa shape index (κ2) is 5.86. The van der Waals surface area contributed by atoms with Crippen molar-refractivity contribution in [3.8, 4) is 0 Å². The van der Waals surface area contributed by atoms with Crippen molar-refractivity contribution in [3.05, 3.63) is 0 Å². The fourth-order valence-corrected chi connectivity index (χ4v) is 1.77. The van der Waals surface area contributed by atoms with Crippen LogP contribution < -0.4 is 5.32 Å². The van der Waals surface area contributed by atoms with E-state index in [-0.39, 0.29) is 30.8 Å². The molecular weight excluding hydrogens is 224 g/mol. The van der Waals surface area contributed by atoms with E-state index in [0.29, 0.717) is 0 Å². The highest BCUT2D eigenvalue weighted by molar-refractivity contribution is 5.80. The van der Waals surface area contributed by atoms with Crippen LogP contribution in [0.4, 0.5) is 4.79 Å². The predicted molar refractivity (Wildman–Crippen MR) is 61.8 cm³/mol. The zero-order valence-corrected chi connectivity index (χ0v) is 10.5. The molecule has 0 atom stereocenters. The standard InChI is InChI=1S/C11H20N2O4/c1-7(2)13(6-10(14)15)11(16)12-8-4-9(5-8)17-3/h7-9H,4-6H2,1-3H3,(H,12,16)(H,14,15). The van der Waals surface area contributed by atoms with Crippen molar-refractivity contribution in [3.63, 3.8) is 0 Å². The summed E-state index contributed by atoms with van der Waals surface area (Å²) in [4.78, 5) is 23.8. The molecule has 0 aromatic heterocycles. The van der Waals surface area contributed by atoms with Gasteiger partial charge in [0, 0.05) is 19.2 Å². The average Bonchev–Trinajstić information content (AvgIpc) is 2.18. The van der Waals surface area contributed by atoms with Crippen LogP contribution in [-0.4, -0.2) is 53.8 Å². The van der Waals surface area contributed by atoms with Crippen LogP contribution in [0.25, 0.3) is 0 Å². The molecule has 6 nitrogen and oxygen atoms in total. The van der Waals surface area contributed by atoms with Crippen molar-refractivity contribution in [2.45, 2.75) is 44.9 Å². The van der Waals surface area contributed by atoms with Gasteiger partial charge >= 0.3 is 12.0 Å². The van der Waals surface area contributed by atoms with E-state index in [1.165, 1.54) is 4.90 Å². The molecule has 2 amide bonds. The van der Waals surface area contributed by atoms with E-state index in [0.717, 1.165) is 12.8 Å². The second-order valence-corrected chi connectivity index (χ2v) is 4.59. The molecule has 1 saturated carbocycles. The van der Waals surface area contributed by atoms with Crippen LogP contribution in [0.1, 0.15) is 26.7 Å². The SMILES string of the molecule is COC1CC(NC(=O)N(CC(=O)O)C(C)C)C1. The number of urea groups is 1. The third-order valence-electron chi connectivity index (χ3n) is 2.95. The van der Waals surface area contributed by atoms with Gasteiger partial charge in [0.1, 0.15) is 6.54 Å². The number of hydrogen-bond donors (Lipinski definition) is 2. The lowest BCUT2D eigenvalue weighted by Gasteiger charge is -2.36. The Morgan fingerprint density at radius 3 is 2.47 bits per heavy atom. The average molecular weight is 244 g/mol. The number of nitrogens with zero attached hydrogens (tertiary/aromatic N) is 1. The Hall–Kier alpha value is -1.30. The number of carbonyl (C=O) groups is 2. The van der Waals surface area contributed by atoms with Gasteiger partial charge in [0.05, 0.1) is 6.10 Å². The van der Waals surface area contributed by atoms with Crippen LogP contribution in [0.3, 0.4) is 0 Å². The molecule has 1 rings (SSSR count). The van der Waals surface area contributed by atoms with E-state index in [2.05, 4.69) is 5.32 Å². The molecule has 17 heavy (non-hydrogen) atoms. The highest BCUT2D eigenvalue weighted by Crippen LogP contribution is 2.22. The third-order valence-corrected chi connectivity index (χ3v) is 2.95. The summed E-state index contributed by atoms with van der Waals surface area (Å²) < 4.78 is 5.11. The Kier molecular flexibility index (Phi) is 4.74. The molecule has 0 aliphatic heterocycles. The summed E-state index contributed by atoms with van der Waals surface area (Å²) >= 11 is 0. The molecule has 0 spiro atoms. The van der Waals surface area contributed by atoms with Crippen LogP contribution in [0, 0.1) is 0 Å². The first-order valence-electron chi connectivity index (χ1n) is 5.75. The summed E-state index contributed by atoms with van der Waals surface area (Å²) in [6, 6.07) is -0.353. The number of carboxylic acids is 1. The molecule has 0 bridgehead atoms. The Balaban J connectivity index is 2.41. The van der Waals surface area contributed by atoms with Crippen molar-refractivity contribution < 1.29 is 19.4 Å². The highest BCUT2D eigenvalue weighted by Gasteiger charge is 2.32. The van der Waals surface area contributed by atoms with Crippen LogP contribution in [0.15, 0.2) is 0 Å². The second-order valence-electron chi connectivity index (χ2n) is 4.59. The summed E-state index contributed by atoms with van der Waals surface area (Å²) in [6.07, 6.45) is 1.80. The lowest BCUT2D eigenvalue weighted by Crippen LogP contribution is -2.54. The Morgan fingerprint density at radius 2 is 2.06 bits per heavy atom. The molecular formula is C11H20N2O4. The number of carbonyl (C=O) groups excluding carboxylic acids is 1. The van der Waals surface area contributed by atoms with Crippen LogP contribution in [0.5, 0.6) is 0 Å². The van der Waals surface area contributed by atoms with E-state index in [4.69, 9.17) is 9.84 Å². The molecule has 6 heteroatoms.